The van der Waals surface area contributed by atoms with Crippen LogP contribution in [0.1, 0.15) is 19.4 Å². The SMILES string of the molecule is CC(=O)C(O)C(C)C(=O)N1C(=O)OCC1Cc1ccccc1. The Hall–Kier alpha value is -2.21. The minimum atomic E-state index is -1.42. The molecule has 0 radical (unpaired) electrons. The van der Waals surface area contributed by atoms with Gasteiger partial charge < -0.3 is 9.84 Å². The van der Waals surface area contributed by atoms with Gasteiger partial charge in [0.15, 0.2) is 5.78 Å². The summed E-state index contributed by atoms with van der Waals surface area (Å²) >= 11 is 0. The summed E-state index contributed by atoms with van der Waals surface area (Å²) in [6.07, 6.45) is -1.67. The van der Waals surface area contributed by atoms with Gasteiger partial charge in [0.2, 0.25) is 5.91 Å². The van der Waals surface area contributed by atoms with Crippen LogP contribution >= 0.6 is 0 Å². The number of aliphatic hydroxyl groups excluding tert-OH is 1. The first-order chi connectivity index (χ1) is 10.4. The van der Waals surface area contributed by atoms with Crippen molar-refractivity contribution in [3.05, 3.63) is 35.9 Å². The van der Waals surface area contributed by atoms with Crippen LogP contribution in [0.25, 0.3) is 0 Å². The lowest BCUT2D eigenvalue weighted by Crippen LogP contribution is -2.46. The molecule has 0 saturated carbocycles. The van der Waals surface area contributed by atoms with Gasteiger partial charge in [0, 0.05) is 0 Å². The molecule has 0 spiro atoms. The number of hydrogen-bond donors (Lipinski definition) is 1. The van der Waals surface area contributed by atoms with Crippen LogP contribution in [0.15, 0.2) is 30.3 Å². The van der Waals surface area contributed by atoms with Crippen LogP contribution < -0.4 is 0 Å². The normalized spacial score (nSPS) is 20.4. The smallest absolute Gasteiger partial charge is 0.416 e. The number of benzene rings is 1. The molecular weight excluding hydrogens is 286 g/mol. The Balaban J connectivity index is 2.14. The van der Waals surface area contributed by atoms with E-state index in [1.54, 1.807) is 0 Å². The number of ether oxygens (including phenoxy) is 1. The molecule has 0 aliphatic carbocycles. The summed E-state index contributed by atoms with van der Waals surface area (Å²) in [6.45, 7) is 2.75. The predicted octanol–water partition coefficient (Wildman–Crippen LogP) is 1.16. The molecule has 1 heterocycles. The maximum atomic E-state index is 12.4. The molecule has 6 nitrogen and oxygen atoms in total. The summed E-state index contributed by atoms with van der Waals surface area (Å²) in [4.78, 5) is 36.5. The molecule has 1 aromatic carbocycles. The maximum absolute atomic E-state index is 12.4. The number of imide groups is 1. The number of rotatable bonds is 5. The van der Waals surface area contributed by atoms with E-state index in [-0.39, 0.29) is 6.61 Å². The Kier molecular flexibility index (Phi) is 4.92. The van der Waals surface area contributed by atoms with Gasteiger partial charge in [-0.05, 0) is 18.9 Å². The fourth-order valence-corrected chi connectivity index (χ4v) is 2.47. The van der Waals surface area contributed by atoms with Gasteiger partial charge in [-0.1, -0.05) is 37.3 Å². The number of Topliss-reactive ketones (excluding diaryl/α,β-unsaturated/α-hetero) is 1. The highest BCUT2D eigenvalue weighted by atomic mass is 16.6. The number of ketones is 1. The molecule has 1 aliphatic rings. The van der Waals surface area contributed by atoms with E-state index in [0.717, 1.165) is 10.5 Å². The van der Waals surface area contributed by atoms with E-state index in [2.05, 4.69) is 0 Å². The summed E-state index contributed by atoms with van der Waals surface area (Å²) in [5.74, 6) is -2.08. The molecule has 1 aliphatic heterocycles. The van der Waals surface area contributed by atoms with E-state index >= 15 is 0 Å². The average Bonchev–Trinajstić information content (AvgIpc) is 2.86. The highest BCUT2D eigenvalue weighted by molar-refractivity contribution is 5.97. The lowest BCUT2D eigenvalue weighted by Gasteiger charge is -2.24. The average molecular weight is 305 g/mol. The molecule has 1 aromatic rings. The molecule has 2 rings (SSSR count). The third kappa shape index (κ3) is 3.33. The lowest BCUT2D eigenvalue weighted by atomic mass is 9.98. The Morgan fingerprint density at radius 1 is 1.36 bits per heavy atom. The fraction of sp³-hybridized carbons (Fsp3) is 0.438. The van der Waals surface area contributed by atoms with Crippen molar-refractivity contribution in [2.45, 2.75) is 32.4 Å². The van der Waals surface area contributed by atoms with Gasteiger partial charge in [-0.2, -0.15) is 0 Å². The molecule has 22 heavy (non-hydrogen) atoms. The molecule has 0 bridgehead atoms. The minimum absolute atomic E-state index is 0.113. The van der Waals surface area contributed by atoms with Crippen molar-refractivity contribution in [2.24, 2.45) is 5.92 Å². The van der Waals surface area contributed by atoms with E-state index in [0.29, 0.717) is 6.42 Å². The summed E-state index contributed by atoms with van der Waals surface area (Å²) in [6, 6.07) is 9.01. The van der Waals surface area contributed by atoms with E-state index in [9.17, 15) is 19.5 Å². The topological polar surface area (TPSA) is 83.9 Å². The van der Waals surface area contributed by atoms with Crippen LogP contribution in [0, 0.1) is 5.92 Å². The van der Waals surface area contributed by atoms with Crippen molar-refractivity contribution in [2.75, 3.05) is 6.61 Å². The summed E-state index contributed by atoms with van der Waals surface area (Å²) in [5.41, 5.74) is 0.975. The van der Waals surface area contributed by atoms with E-state index in [4.69, 9.17) is 4.74 Å². The molecule has 1 N–H and O–H groups in total. The zero-order chi connectivity index (χ0) is 16.3. The van der Waals surface area contributed by atoms with Gasteiger partial charge in [0.25, 0.3) is 0 Å². The van der Waals surface area contributed by atoms with Crippen molar-refractivity contribution >= 4 is 17.8 Å². The second-order valence-electron chi connectivity index (χ2n) is 5.47. The third-order valence-electron chi connectivity index (χ3n) is 3.79. The van der Waals surface area contributed by atoms with Crippen LogP contribution in [0.4, 0.5) is 4.79 Å². The summed E-state index contributed by atoms with van der Waals surface area (Å²) in [7, 11) is 0. The lowest BCUT2D eigenvalue weighted by molar-refractivity contribution is -0.142. The quantitative estimate of drug-likeness (QED) is 0.882. The molecule has 1 saturated heterocycles. The number of cyclic esters (lactones) is 1. The van der Waals surface area contributed by atoms with Crippen molar-refractivity contribution in [1.82, 2.24) is 4.90 Å². The third-order valence-corrected chi connectivity index (χ3v) is 3.79. The maximum Gasteiger partial charge on any atom is 0.416 e. The first-order valence-corrected chi connectivity index (χ1v) is 7.14. The Bertz CT molecular complexity index is 571. The van der Waals surface area contributed by atoms with Crippen LogP contribution in [0.5, 0.6) is 0 Å². The van der Waals surface area contributed by atoms with Crippen LogP contribution in [0.3, 0.4) is 0 Å². The Labute approximate surface area is 128 Å². The monoisotopic (exact) mass is 305 g/mol. The summed E-state index contributed by atoms with van der Waals surface area (Å²) in [5, 5.41) is 9.74. The number of aliphatic hydroxyl groups is 1. The molecule has 3 unspecified atom stereocenters. The Morgan fingerprint density at radius 2 is 2.00 bits per heavy atom. The number of nitrogens with zero attached hydrogens (tertiary/aromatic N) is 1. The van der Waals surface area contributed by atoms with Gasteiger partial charge in [0.05, 0.1) is 12.0 Å². The predicted molar refractivity (Wildman–Crippen MR) is 78.0 cm³/mol. The van der Waals surface area contributed by atoms with E-state index in [1.165, 1.54) is 13.8 Å². The number of amides is 2. The molecular formula is C16H19NO5. The Morgan fingerprint density at radius 3 is 2.59 bits per heavy atom. The highest BCUT2D eigenvalue weighted by Gasteiger charge is 2.41. The summed E-state index contributed by atoms with van der Waals surface area (Å²) < 4.78 is 4.96. The molecule has 6 heteroatoms. The van der Waals surface area contributed by atoms with Crippen LogP contribution in [-0.4, -0.2) is 46.5 Å². The molecule has 3 atom stereocenters. The number of hydrogen-bond acceptors (Lipinski definition) is 5. The minimum Gasteiger partial charge on any atom is -0.447 e. The van der Waals surface area contributed by atoms with Gasteiger partial charge >= 0.3 is 6.09 Å². The van der Waals surface area contributed by atoms with Gasteiger partial charge in [-0.15, -0.1) is 0 Å². The number of carbonyl (C=O) groups is 3. The van der Waals surface area contributed by atoms with Gasteiger partial charge in [0.1, 0.15) is 12.7 Å². The zero-order valence-corrected chi connectivity index (χ0v) is 12.6. The molecule has 118 valence electrons. The first-order valence-electron chi connectivity index (χ1n) is 7.14. The van der Waals surface area contributed by atoms with Gasteiger partial charge in [-0.25, -0.2) is 9.69 Å². The van der Waals surface area contributed by atoms with Crippen LogP contribution in [-0.2, 0) is 20.7 Å². The fourth-order valence-electron chi connectivity index (χ4n) is 2.47. The second kappa shape index (κ2) is 6.70. The van der Waals surface area contributed by atoms with Gasteiger partial charge in [-0.3, -0.25) is 9.59 Å². The second-order valence-corrected chi connectivity index (χ2v) is 5.47. The van der Waals surface area contributed by atoms with E-state index in [1.807, 2.05) is 30.3 Å². The van der Waals surface area contributed by atoms with Crippen molar-refractivity contribution in [3.8, 4) is 0 Å². The zero-order valence-electron chi connectivity index (χ0n) is 12.6. The van der Waals surface area contributed by atoms with Crippen molar-refractivity contribution < 1.29 is 24.2 Å². The molecule has 2 amide bonds. The van der Waals surface area contributed by atoms with Crippen LogP contribution in [0.2, 0.25) is 0 Å². The highest BCUT2D eigenvalue weighted by Crippen LogP contribution is 2.21. The van der Waals surface area contributed by atoms with E-state index < -0.39 is 35.8 Å². The largest absolute Gasteiger partial charge is 0.447 e. The van der Waals surface area contributed by atoms with Crippen molar-refractivity contribution in [1.29, 1.82) is 0 Å². The van der Waals surface area contributed by atoms with Crippen molar-refractivity contribution in [3.63, 3.8) is 0 Å². The standard InChI is InChI=1S/C16H19NO5/c1-10(14(19)11(2)18)15(20)17-13(9-22-16(17)21)8-12-6-4-3-5-7-12/h3-7,10,13-14,19H,8-9H2,1-2H3. The first kappa shape index (κ1) is 16.2. The molecule has 0 aromatic heterocycles. The number of carbonyl (C=O) groups excluding carboxylic acids is 3. The molecule has 1 fully saturated rings.